The maximum atomic E-state index is 11.3. The van der Waals surface area contributed by atoms with E-state index < -0.39 is 0 Å². The topological polar surface area (TPSA) is 29.1 Å². The number of aryl methyl sites for hydroxylation is 1. The molecule has 14 heavy (non-hydrogen) atoms. The van der Waals surface area contributed by atoms with Crippen LogP contribution in [0.1, 0.15) is 12.5 Å². The smallest absolute Gasteiger partial charge is 0.232 e. The summed E-state index contributed by atoms with van der Waals surface area (Å²) in [6.07, 6.45) is 0. The third-order valence-corrected chi connectivity index (χ3v) is 3.06. The molecule has 0 fully saturated rings. The second-order valence-electron chi connectivity index (χ2n) is 3.19. The molecule has 0 aliphatic carbocycles. The highest BCUT2D eigenvalue weighted by molar-refractivity contribution is 8.00. The maximum Gasteiger partial charge on any atom is 0.232 e. The zero-order chi connectivity index (χ0) is 10.6. The third-order valence-electron chi connectivity index (χ3n) is 1.95. The molecule has 0 saturated heterocycles. The van der Waals surface area contributed by atoms with Crippen molar-refractivity contribution < 1.29 is 4.79 Å². The average Bonchev–Trinajstić information content (AvgIpc) is 2.20. The monoisotopic (exact) mass is 209 g/mol. The largest absolute Gasteiger partial charge is 0.358 e. The summed E-state index contributed by atoms with van der Waals surface area (Å²) in [6.45, 7) is 3.96. The average molecular weight is 209 g/mol. The summed E-state index contributed by atoms with van der Waals surface area (Å²) in [5.41, 5.74) is 1.24. The summed E-state index contributed by atoms with van der Waals surface area (Å²) < 4.78 is 0. The summed E-state index contributed by atoms with van der Waals surface area (Å²) in [7, 11) is 1.66. The minimum absolute atomic E-state index is 0.0392. The molecule has 1 atom stereocenters. The number of hydrogen-bond donors (Lipinski definition) is 1. The number of carbonyl (C=O) groups excluding carboxylic acids is 1. The van der Waals surface area contributed by atoms with Crippen LogP contribution in [0, 0.1) is 6.92 Å². The molecule has 2 nitrogen and oxygen atoms in total. The predicted octanol–water partition coefficient (Wildman–Crippen LogP) is 2.22. The van der Waals surface area contributed by atoms with Crippen LogP contribution in [0.4, 0.5) is 0 Å². The van der Waals surface area contributed by atoms with Crippen molar-refractivity contribution in [1.29, 1.82) is 0 Å². The number of nitrogens with one attached hydrogen (secondary N) is 1. The lowest BCUT2D eigenvalue weighted by Gasteiger charge is -2.09. The van der Waals surface area contributed by atoms with E-state index in [4.69, 9.17) is 0 Å². The molecule has 1 amide bonds. The number of benzene rings is 1. The zero-order valence-corrected chi connectivity index (χ0v) is 9.52. The highest BCUT2D eigenvalue weighted by atomic mass is 32.2. The van der Waals surface area contributed by atoms with Gasteiger partial charge in [-0.25, -0.2) is 0 Å². The summed E-state index contributed by atoms with van der Waals surface area (Å²) in [5.74, 6) is 0.0653. The standard InChI is InChI=1S/C11H15NOS/c1-8-4-6-10(7-5-8)14-9(2)11(13)12-3/h4-7,9H,1-3H3,(H,12,13)/t9-/m0/s1. The molecule has 0 aliphatic heterocycles. The Morgan fingerprint density at radius 3 is 2.43 bits per heavy atom. The van der Waals surface area contributed by atoms with E-state index in [0.29, 0.717) is 0 Å². The highest BCUT2D eigenvalue weighted by Crippen LogP contribution is 2.23. The first-order valence-corrected chi connectivity index (χ1v) is 5.46. The molecule has 3 heteroatoms. The third kappa shape index (κ3) is 3.07. The van der Waals surface area contributed by atoms with E-state index in [1.54, 1.807) is 18.8 Å². The van der Waals surface area contributed by atoms with E-state index in [1.807, 2.05) is 19.1 Å². The molecular weight excluding hydrogens is 194 g/mol. The second kappa shape index (κ2) is 5.05. The molecule has 1 rings (SSSR count). The molecule has 0 aromatic heterocycles. The van der Waals surface area contributed by atoms with Crippen molar-refractivity contribution in [2.75, 3.05) is 7.05 Å². The molecule has 0 bridgehead atoms. The van der Waals surface area contributed by atoms with Gasteiger partial charge in [0.05, 0.1) is 5.25 Å². The van der Waals surface area contributed by atoms with Crippen molar-refractivity contribution in [2.24, 2.45) is 0 Å². The summed E-state index contributed by atoms with van der Waals surface area (Å²) in [6, 6.07) is 8.19. The molecule has 0 spiro atoms. The van der Waals surface area contributed by atoms with E-state index in [0.717, 1.165) is 4.90 Å². The Morgan fingerprint density at radius 2 is 1.93 bits per heavy atom. The van der Waals surface area contributed by atoms with Crippen molar-refractivity contribution in [3.05, 3.63) is 29.8 Å². The molecule has 0 unspecified atom stereocenters. The van der Waals surface area contributed by atoms with Crippen LogP contribution in [0.2, 0.25) is 0 Å². The van der Waals surface area contributed by atoms with Gasteiger partial charge in [0.2, 0.25) is 5.91 Å². The van der Waals surface area contributed by atoms with Gasteiger partial charge in [0.25, 0.3) is 0 Å². The second-order valence-corrected chi connectivity index (χ2v) is 4.60. The van der Waals surface area contributed by atoms with Gasteiger partial charge < -0.3 is 5.32 Å². The van der Waals surface area contributed by atoms with Crippen molar-refractivity contribution >= 4 is 17.7 Å². The van der Waals surface area contributed by atoms with Crippen LogP contribution in [0.3, 0.4) is 0 Å². The highest BCUT2D eigenvalue weighted by Gasteiger charge is 2.11. The Morgan fingerprint density at radius 1 is 1.36 bits per heavy atom. The van der Waals surface area contributed by atoms with Crippen molar-refractivity contribution in [3.8, 4) is 0 Å². The van der Waals surface area contributed by atoms with Crippen LogP contribution >= 0.6 is 11.8 Å². The maximum absolute atomic E-state index is 11.3. The van der Waals surface area contributed by atoms with Gasteiger partial charge in [-0.15, -0.1) is 11.8 Å². The number of thioether (sulfide) groups is 1. The van der Waals surface area contributed by atoms with E-state index in [1.165, 1.54) is 5.56 Å². The fraction of sp³-hybridized carbons (Fsp3) is 0.364. The van der Waals surface area contributed by atoms with Gasteiger partial charge in [0.1, 0.15) is 0 Å². The number of amides is 1. The van der Waals surface area contributed by atoms with Crippen LogP contribution in [-0.4, -0.2) is 18.2 Å². The van der Waals surface area contributed by atoms with E-state index in [9.17, 15) is 4.79 Å². The van der Waals surface area contributed by atoms with Gasteiger partial charge in [0, 0.05) is 11.9 Å². The number of carbonyl (C=O) groups is 1. The lowest BCUT2D eigenvalue weighted by Crippen LogP contribution is -2.27. The normalized spacial score (nSPS) is 12.2. The molecule has 1 aromatic carbocycles. The molecule has 0 heterocycles. The summed E-state index contributed by atoms with van der Waals surface area (Å²) in [4.78, 5) is 12.4. The Bertz CT molecular complexity index is 308. The van der Waals surface area contributed by atoms with Gasteiger partial charge in [-0.2, -0.15) is 0 Å². The lowest BCUT2D eigenvalue weighted by molar-refractivity contribution is -0.119. The molecule has 0 radical (unpaired) electrons. The summed E-state index contributed by atoms with van der Waals surface area (Å²) in [5, 5.41) is 2.60. The molecule has 0 saturated carbocycles. The predicted molar refractivity (Wildman–Crippen MR) is 60.6 cm³/mol. The first kappa shape index (κ1) is 11.1. The molecule has 0 aliphatic rings. The Hall–Kier alpha value is -0.960. The van der Waals surface area contributed by atoms with Gasteiger partial charge in [-0.3, -0.25) is 4.79 Å². The van der Waals surface area contributed by atoms with E-state index >= 15 is 0 Å². The van der Waals surface area contributed by atoms with Crippen LogP contribution < -0.4 is 5.32 Å². The minimum Gasteiger partial charge on any atom is -0.358 e. The van der Waals surface area contributed by atoms with Crippen LogP contribution in [0.5, 0.6) is 0 Å². The van der Waals surface area contributed by atoms with E-state index in [2.05, 4.69) is 24.4 Å². The lowest BCUT2D eigenvalue weighted by atomic mass is 10.2. The van der Waals surface area contributed by atoms with Crippen LogP contribution in [0.25, 0.3) is 0 Å². The minimum atomic E-state index is -0.0392. The van der Waals surface area contributed by atoms with Gasteiger partial charge in [-0.1, -0.05) is 17.7 Å². The first-order chi connectivity index (χ1) is 6.63. The Kier molecular flexibility index (Phi) is 4.01. The van der Waals surface area contributed by atoms with Gasteiger partial charge in [-0.05, 0) is 26.0 Å². The Labute approximate surface area is 89.1 Å². The number of hydrogen-bond acceptors (Lipinski definition) is 2. The molecule has 1 N–H and O–H groups in total. The van der Waals surface area contributed by atoms with Gasteiger partial charge in [0.15, 0.2) is 0 Å². The quantitative estimate of drug-likeness (QED) is 0.773. The fourth-order valence-electron chi connectivity index (χ4n) is 1.08. The zero-order valence-electron chi connectivity index (χ0n) is 8.70. The SMILES string of the molecule is CNC(=O)[C@H](C)Sc1ccc(C)cc1. The molecule has 76 valence electrons. The first-order valence-electron chi connectivity index (χ1n) is 4.58. The van der Waals surface area contributed by atoms with Crippen LogP contribution in [-0.2, 0) is 4.79 Å². The Balaban J connectivity index is 2.60. The van der Waals surface area contributed by atoms with Crippen LogP contribution in [0.15, 0.2) is 29.2 Å². The number of rotatable bonds is 3. The fourth-order valence-corrected chi connectivity index (χ4v) is 2.00. The summed E-state index contributed by atoms with van der Waals surface area (Å²) >= 11 is 1.57. The van der Waals surface area contributed by atoms with Crippen molar-refractivity contribution in [2.45, 2.75) is 24.0 Å². The van der Waals surface area contributed by atoms with E-state index in [-0.39, 0.29) is 11.2 Å². The van der Waals surface area contributed by atoms with Gasteiger partial charge >= 0.3 is 0 Å². The van der Waals surface area contributed by atoms with Crippen molar-refractivity contribution in [1.82, 2.24) is 5.32 Å². The molecular formula is C11H15NOS. The molecule has 1 aromatic rings. The van der Waals surface area contributed by atoms with Crippen molar-refractivity contribution in [3.63, 3.8) is 0 Å².